The monoisotopic (exact) mass is 330 g/mol. The number of aliphatic imine (C=N–C) groups is 1. The van der Waals surface area contributed by atoms with Gasteiger partial charge in [-0.1, -0.05) is 36.4 Å². The van der Waals surface area contributed by atoms with Gasteiger partial charge in [-0.2, -0.15) is 5.10 Å². The van der Waals surface area contributed by atoms with E-state index in [1.165, 1.54) is 5.56 Å². The third-order valence-corrected chi connectivity index (χ3v) is 4.18. The van der Waals surface area contributed by atoms with Crippen molar-refractivity contribution < 1.29 is 0 Å². The quantitative estimate of drug-likeness (QED) is 0.501. The largest absolute Gasteiger partial charge is 0.377 e. The molecule has 0 spiro atoms. The standard InChI is InChI=1S/C21H22N4/c1-15(18-9-10-21-19(12-18)13-23-25-21)11-20(14-22-3)24-16(2)17-7-5-4-6-8-17/h4-14,16,24H,3H2,1-2H3,(H,23,25)/b15-11+,20-14+/t16-/m0/s1. The van der Waals surface area contributed by atoms with Crippen molar-refractivity contribution in [2.24, 2.45) is 4.99 Å². The molecule has 2 aromatic carbocycles. The molecule has 3 rings (SSSR count). The van der Waals surface area contributed by atoms with Crippen molar-refractivity contribution in [3.05, 3.63) is 83.8 Å². The van der Waals surface area contributed by atoms with Gasteiger partial charge < -0.3 is 5.32 Å². The lowest BCUT2D eigenvalue weighted by Crippen LogP contribution is -2.17. The minimum absolute atomic E-state index is 0.176. The molecule has 0 saturated heterocycles. The van der Waals surface area contributed by atoms with E-state index in [1.54, 1.807) is 6.20 Å². The van der Waals surface area contributed by atoms with E-state index in [0.717, 1.165) is 27.7 Å². The molecule has 0 amide bonds. The lowest BCUT2D eigenvalue weighted by atomic mass is 10.0. The molecule has 0 bridgehead atoms. The van der Waals surface area contributed by atoms with Crippen LogP contribution in [-0.4, -0.2) is 16.9 Å². The Morgan fingerprint density at radius 1 is 1.24 bits per heavy atom. The van der Waals surface area contributed by atoms with Gasteiger partial charge in [-0.05, 0) is 55.5 Å². The molecule has 3 aromatic rings. The third-order valence-electron chi connectivity index (χ3n) is 4.18. The molecule has 0 aliphatic heterocycles. The average Bonchev–Trinajstić information content (AvgIpc) is 3.10. The number of rotatable bonds is 6. The predicted octanol–water partition coefficient (Wildman–Crippen LogP) is 4.86. The first-order chi connectivity index (χ1) is 12.2. The molecule has 0 radical (unpaired) electrons. The Labute approximate surface area is 148 Å². The van der Waals surface area contributed by atoms with Crippen LogP contribution in [0.25, 0.3) is 16.5 Å². The maximum absolute atomic E-state index is 4.07. The molecule has 126 valence electrons. The van der Waals surface area contributed by atoms with Gasteiger partial charge in [0.1, 0.15) is 0 Å². The molecule has 1 atom stereocenters. The van der Waals surface area contributed by atoms with Gasteiger partial charge >= 0.3 is 0 Å². The van der Waals surface area contributed by atoms with Crippen LogP contribution in [0.15, 0.2) is 77.7 Å². The summed E-state index contributed by atoms with van der Waals surface area (Å²) in [5, 5.41) is 11.6. The van der Waals surface area contributed by atoms with Gasteiger partial charge in [-0.3, -0.25) is 10.1 Å². The first kappa shape index (κ1) is 16.7. The van der Waals surface area contributed by atoms with Gasteiger partial charge in [0.25, 0.3) is 0 Å². The molecular weight excluding hydrogens is 308 g/mol. The Bertz CT molecular complexity index is 919. The summed E-state index contributed by atoms with van der Waals surface area (Å²) in [6.07, 6.45) is 5.68. The van der Waals surface area contributed by atoms with Gasteiger partial charge in [-0.25, -0.2) is 0 Å². The van der Waals surface area contributed by atoms with Crippen molar-refractivity contribution >= 4 is 23.2 Å². The van der Waals surface area contributed by atoms with Crippen molar-refractivity contribution in [3.8, 4) is 0 Å². The topological polar surface area (TPSA) is 53.1 Å². The summed E-state index contributed by atoms with van der Waals surface area (Å²) >= 11 is 0. The summed E-state index contributed by atoms with van der Waals surface area (Å²) in [6.45, 7) is 7.81. The minimum Gasteiger partial charge on any atom is -0.377 e. The van der Waals surface area contributed by atoms with E-state index in [4.69, 9.17) is 0 Å². The highest BCUT2D eigenvalue weighted by molar-refractivity contribution is 5.83. The molecule has 0 saturated carbocycles. The normalized spacial score (nSPS) is 13.7. The van der Waals surface area contributed by atoms with Gasteiger partial charge in [-0.15, -0.1) is 0 Å². The number of nitrogens with zero attached hydrogens (tertiary/aromatic N) is 2. The lowest BCUT2D eigenvalue weighted by Gasteiger charge is -2.17. The number of allylic oxidation sites excluding steroid dienone is 2. The van der Waals surface area contributed by atoms with Crippen LogP contribution < -0.4 is 5.32 Å². The molecule has 0 aliphatic rings. The molecule has 0 unspecified atom stereocenters. The summed E-state index contributed by atoms with van der Waals surface area (Å²) in [7, 11) is 0. The van der Waals surface area contributed by atoms with Crippen LogP contribution in [0.1, 0.15) is 31.0 Å². The first-order valence-electron chi connectivity index (χ1n) is 8.26. The number of hydrogen-bond acceptors (Lipinski definition) is 3. The van der Waals surface area contributed by atoms with Crippen molar-refractivity contribution in [3.63, 3.8) is 0 Å². The summed E-state index contributed by atoms with van der Waals surface area (Å²) in [5.74, 6) is 0. The van der Waals surface area contributed by atoms with Crippen LogP contribution in [0, 0.1) is 0 Å². The average molecular weight is 330 g/mol. The van der Waals surface area contributed by atoms with Crippen LogP contribution >= 0.6 is 0 Å². The van der Waals surface area contributed by atoms with E-state index < -0.39 is 0 Å². The predicted molar refractivity (Wildman–Crippen MR) is 105 cm³/mol. The van der Waals surface area contributed by atoms with Crippen LogP contribution in [-0.2, 0) is 0 Å². The van der Waals surface area contributed by atoms with Crippen LogP contribution in [0.4, 0.5) is 0 Å². The number of aromatic nitrogens is 2. The van der Waals surface area contributed by atoms with E-state index in [2.05, 4.69) is 71.4 Å². The van der Waals surface area contributed by atoms with Crippen molar-refractivity contribution in [2.75, 3.05) is 0 Å². The Morgan fingerprint density at radius 3 is 2.80 bits per heavy atom. The fourth-order valence-corrected chi connectivity index (χ4v) is 2.79. The molecule has 4 heteroatoms. The number of aromatic amines is 1. The van der Waals surface area contributed by atoms with Crippen molar-refractivity contribution in [2.45, 2.75) is 19.9 Å². The summed E-state index contributed by atoms with van der Waals surface area (Å²) in [5.41, 5.74) is 5.49. The summed E-state index contributed by atoms with van der Waals surface area (Å²) in [6, 6.07) is 16.8. The smallest absolute Gasteiger partial charge is 0.0650 e. The number of nitrogens with one attached hydrogen (secondary N) is 2. The van der Waals surface area contributed by atoms with Crippen molar-refractivity contribution in [1.82, 2.24) is 15.5 Å². The molecule has 25 heavy (non-hydrogen) atoms. The second-order valence-corrected chi connectivity index (χ2v) is 6.04. The number of benzene rings is 2. The van der Waals surface area contributed by atoms with Gasteiger partial charge in [0.05, 0.1) is 17.4 Å². The SMILES string of the molecule is C=N/C=C(\C=C(/C)c1ccc2[nH]ncc2c1)N[C@@H](C)c1ccccc1. The number of fused-ring (bicyclic) bond motifs is 1. The third kappa shape index (κ3) is 4.04. The maximum atomic E-state index is 4.07. The highest BCUT2D eigenvalue weighted by atomic mass is 15.1. The second kappa shape index (κ2) is 7.62. The van der Waals surface area contributed by atoms with Crippen LogP contribution in [0.3, 0.4) is 0 Å². The number of H-pyrrole nitrogens is 1. The molecule has 0 aliphatic carbocycles. The zero-order valence-corrected chi connectivity index (χ0v) is 14.5. The van der Waals surface area contributed by atoms with Crippen LogP contribution in [0.5, 0.6) is 0 Å². The highest BCUT2D eigenvalue weighted by Gasteiger charge is 2.06. The van der Waals surface area contributed by atoms with Gasteiger partial charge in [0, 0.05) is 17.6 Å². The fourth-order valence-electron chi connectivity index (χ4n) is 2.79. The van der Waals surface area contributed by atoms with Crippen LogP contribution in [0.2, 0.25) is 0 Å². The first-order valence-corrected chi connectivity index (χ1v) is 8.26. The van der Waals surface area contributed by atoms with E-state index in [-0.39, 0.29) is 6.04 Å². The van der Waals surface area contributed by atoms with Gasteiger partial charge in [0.15, 0.2) is 0 Å². The highest BCUT2D eigenvalue weighted by Crippen LogP contribution is 2.21. The van der Waals surface area contributed by atoms with Crippen molar-refractivity contribution in [1.29, 1.82) is 0 Å². The molecule has 4 nitrogen and oxygen atoms in total. The lowest BCUT2D eigenvalue weighted by molar-refractivity contribution is 0.664. The Kier molecular flexibility index (Phi) is 5.09. The Morgan fingerprint density at radius 2 is 2.04 bits per heavy atom. The maximum Gasteiger partial charge on any atom is 0.0650 e. The molecule has 1 aromatic heterocycles. The van der Waals surface area contributed by atoms with E-state index in [1.807, 2.05) is 30.5 Å². The molecular formula is C21H22N4. The summed E-state index contributed by atoms with van der Waals surface area (Å²) in [4.78, 5) is 3.94. The molecule has 1 heterocycles. The fraction of sp³-hybridized carbons (Fsp3) is 0.143. The number of hydrogen-bond donors (Lipinski definition) is 2. The van der Waals surface area contributed by atoms with E-state index >= 15 is 0 Å². The summed E-state index contributed by atoms with van der Waals surface area (Å²) < 4.78 is 0. The Hall–Kier alpha value is -3.14. The molecule has 2 N–H and O–H groups in total. The second-order valence-electron chi connectivity index (χ2n) is 6.04. The molecule has 0 fully saturated rings. The zero-order valence-electron chi connectivity index (χ0n) is 14.5. The van der Waals surface area contributed by atoms with E-state index in [9.17, 15) is 0 Å². The van der Waals surface area contributed by atoms with E-state index in [0.29, 0.717) is 0 Å². The zero-order chi connectivity index (χ0) is 17.6. The minimum atomic E-state index is 0.176. The Balaban J connectivity index is 1.83. The van der Waals surface area contributed by atoms with Gasteiger partial charge in [0.2, 0.25) is 0 Å².